The highest BCUT2D eigenvalue weighted by Crippen LogP contribution is 2.17. The summed E-state index contributed by atoms with van der Waals surface area (Å²) in [6, 6.07) is 14.2. The quantitative estimate of drug-likeness (QED) is 0.791. The van der Waals surface area contributed by atoms with E-state index >= 15 is 0 Å². The zero-order valence-corrected chi connectivity index (χ0v) is 12.3. The zero-order valence-electron chi connectivity index (χ0n) is 12.3. The third-order valence-corrected chi connectivity index (χ3v) is 3.25. The lowest BCUT2D eigenvalue weighted by Gasteiger charge is -2.14. The second-order valence-corrected chi connectivity index (χ2v) is 4.75. The van der Waals surface area contributed by atoms with Gasteiger partial charge in [-0.25, -0.2) is 4.39 Å². The van der Waals surface area contributed by atoms with E-state index < -0.39 is 0 Å². The lowest BCUT2D eigenvalue weighted by atomic mass is 10.1. The first-order valence-corrected chi connectivity index (χ1v) is 6.95. The van der Waals surface area contributed by atoms with E-state index in [4.69, 9.17) is 9.47 Å². The van der Waals surface area contributed by atoms with Crippen LogP contribution >= 0.6 is 0 Å². The number of hydrogen-bond acceptors (Lipinski definition) is 3. The van der Waals surface area contributed by atoms with Crippen LogP contribution in [0.4, 0.5) is 4.39 Å². The molecule has 0 saturated carbocycles. The maximum atomic E-state index is 12.8. The zero-order chi connectivity index (χ0) is 15.1. The molecule has 0 aromatic heterocycles. The second kappa shape index (κ2) is 7.64. The number of halogens is 1. The lowest BCUT2D eigenvalue weighted by molar-refractivity contribution is 0.307. The van der Waals surface area contributed by atoms with E-state index in [0.717, 1.165) is 17.1 Å². The summed E-state index contributed by atoms with van der Waals surface area (Å²) in [6.45, 7) is 3.32. The highest BCUT2D eigenvalue weighted by molar-refractivity contribution is 5.31. The topological polar surface area (TPSA) is 30.5 Å². The molecule has 112 valence electrons. The van der Waals surface area contributed by atoms with Gasteiger partial charge in [0.1, 0.15) is 23.9 Å². The Kier molecular flexibility index (Phi) is 5.58. The van der Waals surface area contributed by atoms with Gasteiger partial charge < -0.3 is 14.8 Å². The summed E-state index contributed by atoms with van der Waals surface area (Å²) >= 11 is 0. The molecule has 0 spiro atoms. The van der Waals surface area contributed by atoms with Crippen molar-refractivity contribution in [2.75, 3.05) is 20.3 Å². The fraction of sp³-hybridized carbons (Fsp3) is 0.294. The Labute approximate surface area is 124 Å². The van der Waals surface area contributed by atoms with Crippen LogP contribution in [0.1, 0.15) is 18.5 Å². The molecule has 3 nitrogen and oxygen atoms in total. The Morgan fingerprint density at radius 3 is 2.24 bits per heavy atom. The number of methoxy groups -OCH3 is 1. The Morgan fingerprint density at radius 2 is 1.62 bits per heavy atom. The van der Waals surface area contributed by atoms with E-state index in [1.165, 1.54) is 12.1 Å². The molecule has 0 aliphatic carbocycles. The highest BCUT2D eigenvalue weighted by atomic mass is 19.1. The Morgan fingerprint density at radius 1 is 1.00 bits per heavy atom. The van der Waals surface area contributed by atoms with E-state index in [1.807, 2.05) is 31.2 Å². The van der Waals surface area contributed by atoms with E-state index in [9.17, 15) is 4.39 Å². The predicted molar refractivity (Wildman–Crippen MR) is 81.3 cm³/mol. The van der Waals surface area contributed by atoms with Crippen LogP contribution in [0.25, 0.3) is 0 Å². The van der Waals surface area contributed by atoms with Gasteiger partial charge in [-0.15, -0.1) is 0 Å². The van der Waals surface area contributed by atoms with Gasteiger partial charge >= 0.3 is 0 Å². The monoisotopic (exact) mass is 289 g/mol. The van der Waals surface area contributed by atoms with Gasteiger partial charge in [0.25, 0.3) is 0 Å². The van der Waals surface area contributed by atoms with Gasteiger partial charge in [-0.3, -0.25) is 0 Å². The largest absolute Gasteiger partial charge is 0.497 e. The van der Waals surface area contributed by atoms with Crippen LogP contribution in [0.3, 0.4) is 0 Å². The molecule has 0 fully saturated rings. The van der Waals surface area contributed by atoms with Crippen LogP contribution in [0.15, 0.2) is 48.5 Å². The lowest BCUT2D eigenvalue weighted by Crippen LogP contribution is -2.24. The third-order valence-electron chi connectivity index (χ3n) is 3.25. The van der Waals surface area contributed by atoms with Gasteiger partial charge in [-0.05, 0) is 48.9 Å². The van der Waals surface area contributed by atoms with E-state index in [2.05, 4.69) is 5.32 Å². The van der Waals surface area contributed by atoms with E-state index in [-0.39, 0.29) is 11.9 Å². The van der Waals surface area contributed by atoms with Crippen molar-refractivity contribution in [3.05, 3.63) is 59.9 Å². The summed E-state index contributed by atoms with van der Waals surface area (Å²) in [5, 5.41) is 3.34. The van der Waals surface area contributed by atoms with Crippen molar-refractivity contribution in [2.24, 2.45) is 0 Å². The number of hydrogen-bond donors (Lipinski definition) is 1. The molecule has 1 N–H and O–H groups in total. The number of ether oxygens (including phenoxy) is 2. The molecule has 1 atom stereocenters. The summed E-state index contributed by atoms with van der Waals surface area (Å²) < 4.78 is 23.6. The minimum Gasteiger partial charge on any atom is -0.497 e. The number of benzene rings is 2. The van der Waals surface area contributed by atoms with Crippen molar-refractivity contribution in [3.63, 3.8) is 0 Å². The van der Waals surface area contributed by atoms with Crippen LogP contribution < -0.4 is 14.8 Å². The molecule has 0 aliphatic rings. The Bertz CT molecular complexity index is 540. The van der Waals surface area contributed by atoms with Crippen LogP contribution in [0.2, 0.25) is 0 Å². The van der Waals surface area contributed by atoms with E-state index in [1.54, 1.807) is 19.2 Å². The average molecular weight is 289 g/mol. The molecule has 2 aromatic rings. The molecular formula is C17H20FNO2. The normalized spacial score (nSPS) is 12.0. The maximum absolute atomic E-state index is 12.8. The Hall–Kier alpha value is -2.07. The fourth-order valence-corrected chi connectivity index (χ4v) is 1.99. The molecule has 21 heavy (non-hydrogen) atoms. The van der Waals surface area contributed by atoms with Gasteiger partial charge in [0.05, 0.1) is 7.11 Å². The third kappa shape index (κ3) is 4.76. The highest BCUT2D eigenvalue weighted by Gasteiger charge is 2.04. The molecule has 2 rings (SSSR count). The summed E-state index contributed by atoms with van der Waals surface area (Å²) in [5.74, 6) is 1.41. The van der Waals surface area contributed by atoms with Gasteiger partial charge in [-0.1, -0.05) is 12.1 Å². The Balaban J connectivity index is 1.72. The van der Waals surface area contributed by atoms with Crippen LogP contribution in [-0.4, -0.2) is 20.3 Å². The summed E-state index contributed by atoms with van der Waals surface area (Å²) in [7, 11) is 1.64. The maximum Gasteiger partial charge on any atom is 0.123 e. The molecule has 1 unspecified atom stereocenters. The van der Waals surface area contributed by atoms with Crippen molar-refractivity contribution >= 4 is 0 Å². The molecule has 2 aromatic carbocycles. The van der Waals surface area contributed by atoms with Gasteiger partial charge in [0.15, 0.2) is 0 Å². The number of nitrogens with one attached hydrogen (secondary N) is 1. The molecule has 0 bridgehead atoms. The van der Waals surface area contributed by atoms with Crippen molar-refractivity contribution < 1.29 is 13.9 Å². The van der Waals surface area contributed by atoms with Crippen LogP contribution in [0, 0.1) is 5.82 Å². The molecule has 0 radical (unpaired) electrons. The summed E-state index contributed by atoms with van der Waals surface area (Å²) in [4.78, 5) is 0. The standard InChI is InChI=1S/C17H20FNO2/c1-13(14-3-5-15(18)6-4-14)19-11-12-21-17-9-7-16(20-2)8-10-17/h3-10,13,19H,11-12H2,1-2H3. The van der Waals surface area contributed by atoms with Crippen molar-refractivity contribution in [1.29, 1.82) is 0 Å². The minimum atomic E-state index is -0.214. The van der Waals surface area contributed by atoms with Gasteiger partial charge in [-0.2, -0.15) is 0 Å². The van der Waals surface area contributed by atoms with Crippen LogP contribution in [-0.2, 0) is 0 Å². The minimum absolute atomic E-state index is 0.157. The van der Waals surface area contributed by atoms with Crippen molar-refractivity contribution in [2.45, 2.75) is 13.0 Å². The number of rotatable bonds is 7. The first-order valence-electron chi connectivity index (χ1n) is 6.95. The summed E-state index contributed by atoms with van der Waals surface area (Å²) in [6.07, 6.45) is 0. The first kappa shape index (κ1) is 15.3. The molecule has 0 amide bonds. The molecule has 4 heteroatoms. The van der Waals surface area contributed by atoms with Crippen LogP contribution in [0.5, 0.6) is 11.5 Å². The molecule has 0 saturated heterocycles. The first-order chi connectivity index (χ1) is 10.2. The smallest absolute Gasteiger partial charge is 0.123 e. The fourth-order valence-electron chi connectivity index (χ4n) is 1.99. The molecule has 0 aliphatic heterocycles. The van der Waals surface area contributed by atoms with Gasteiger partial charge in [0, 0.05) is 12.6 Å². The second-order valence-electron chi connectivity index (χ2n) is 4.75. The van der Waals surface area contributed by atoms with Crippen molar-refractivity contribution in [3.8, 4) is 11.5 Å². The average Bonchev–Trinajstić information content (AvgIpc) is 2.52. The van der Waals surface area contributed by atoms with Gasteiger partial charge in [0.2, 0.25) is 0 Å². The molecular weight excluding hydrogens is 269 g/mol. The SMILES string of the molecule is COc1ccc(OCCNC(C)c2ccc(F)cc2)cc1. The van der Waals surface area contributed by atoms with E-state index in [0.29, 0.717) is 13.2 Å². The summed E-state index contributed by atoms with van der Waals surface area (Å²) in [5.41, 5.74) is 1.06. The van der Waals surface area contributed by atoms with Crippen molar-refractivity contribution in [1.82, 2.24) is 5.32 Å². The predicted octanol–water partition coefficient (Wildman–Crippen LogP) is 3.56. The molecule has 0 heterocycles.